The average molecular weight is 550 g/mol. The molecule has 4 aromatic rings. The SMILES string of the molecule is CC.CNc1cc(NCc2cn3cc(C4CC4)cc(CCO)c3n2)ccn1.Clc1ccccc1.O=CC1CC1. The molecule has 2 fully saturated rings. The van der Waals surface area contributed by atoms with Crippen molar-refractivity contribution in [1.82, 2.24) is 14.4 Å². The molecule has 0 atom stereocenters. The van der Waals surface area contributed by atoms with Crippen molar-refractivity contribution in [2.24, 2.45) is 5.92 Å². The van der Waals surface area contributed by atoms with Crippen LogP contribution in [-0.4, -0.2) is 39.4 Å². The lowest BCUT2D eigenvalue weighted by atomic mass is 10.1. The first-order chi connectivity index (χ1) is 19.1. The number of nitrogens with one attached hydrogen (secondary N) is 2. The van der Waals surface area contributed by atoms with Crippen LogP contribution < -0.4 is 10.6 Å². The van der Waals surface area contributed by atoms with E-state index in [1.807, 2.05) is 63.4 Å². The van der Waals surface area contributed by atoms with Crippen molar-refractivity contribution in [3.05, 3.63) is 89.0 Å². The number of halogens is 1. The average Bonchev–Trinajstić information content (AvgIpc) is 3.91. The summed E-state index contributed by atoms with van der Waals surface area (Å²) in [5, 5.41) is 16.6. The summed E-state index contributed by atoms with van der Waals surface area (Å²) in [6.45, 7) is 4.79. The molecule has 208 valence electrons. The first kappa shape index (κ1) is 30.1. The fraction of sp³-hybridized carbons (Fsp3) is 0.387. The van der Waals surface area contributed by atoms with Crippen molar-refractivity contribution in [3.63, 3.8) is 0 Å². The molecule has 3 N–H and O–H groups in total. The predicted molar refractivity (Wildman–Crippen MR) is 161 cm³/mol. The third kappa shape index (κ3) is 10.0. The third-order valence-corrected chi connectivity index (χ3v) is 6.42. The number of imidazole rings is 1. The van der Waals surface area contributed by atoms with E-state index >= 15 is 0 Å². The maximum atomic E-state index is 9.57. The van der Waals surface area contributed by atoms with E-state index < -0.39 is 0 Å². The van der Waals surface area contributed by atoms with Gasteiger partial charge in [-0.1, -0.05) is 49.7 Å². The molecule has 0 amide bonds. The Morgan fingerprint density at radius 3 is 2.36 bits per heavy atom. The van der Waals surface area contributed by atoms with E-state index in [9.17, 15) is 9.90 Å². The van der Waals surface area contributed by atoms with Gasteiger partial charge in [0, 0.05) is 54.9 Å². The molecule has 2 aliphatic rings. The van der Waals surface area contributed by atoms with Gasteiger partial charge in [-0.15, -0.1) is 0 Å². The molecule has 6 rings (SSSR count). The van der Waals surface area contributed by atoms with Crippen LogP contribution in [0.5, 0.6) is 0 Å². The molecule has 2 aliphatic carbocycles. The van der Waals surface area contributed by atoms with Crippen LogP contribution in [0.25, 0.3) is 5.65 Å². The third-order valence-electron chi connectivity index (χ3n) is 6.17. The Kier molecular flexibility index (Phi) is 12.3. The monoisotopic (exact) mass is 549 g/mol. The lowest BCUT2D eigenvalue weighted by molar-refractivity contribution is -0.108. The van der Waals surface area contributed by atoms with E-state index in [2.05, 4.69) is 38.5 Å². The number of carbonyl (C=O) groups is 1. The number of aldehydes is 1. The zero-order valence-electron chi connectivity index (χ0n) is 23.1. The van der Waals surface area contributed by atoms with Crippen molar-refractivity contribution in [3.8, 4) is 0 Å². The van der Waals surface area contributed by atoms with Crippen molar-refractivity contribution in [1.29, 1.82) is 0 Å². The topological polar surface area (TPSA) is 91.6 Å². The Bertz CT molecular complexity index is 1290. The number of hydrogen-bond donors (Lipinski definition) is 3. The molecule has 39 heavy (non-hydrogen) atoms. The van der Waals surface area contributed by atoms with E-state index in [0.29, 0.717) is 24.8 Å². The van der Waals surface area contributed by atoms with Crippen LogP contribution in [0.15, 0.2) is 67.1 Å². The van der Waals surface area contributed by atoms with Gasteiger partial charge in [0.2, 0.25) is 0 Å². The zero-order chi connectivity index (χ0) is 28.0. The molecular weight excluding hydrogens is 510 g/mol. The number of pyridine rings is 2. The summed E-state index contributed by atoms with van der Waals surface area (Å²) in [7, 11) is 1.86. The van der Waals surface area contributed by atoms with Crippen LogP contribution in [0.4, 0.5) is 11.5 Å². The molecule has 0 saturated heterocycles. The van der Waals surface area contributed by atoms with E-state index in [4.69, 9.17) is 16.6 Å². The quantitative estimate of drug-likeness (QED) is 0.210. The fourth-order valence-corrected chi connectivity index (χ4v) is 3.94. The molecule has 7 nitrogen and oxygen atoms in total. The minimum atomic E-state index is 0.147. The smallest absolute Gasteiger partial charge is 0.140 e. The first-order valence-electron chi connectivity index (χ1n) is 13.7. The molecule has 8 heteroatoms. The molecule has 0 bridgehead atoms. The van der Waals surface area contributed by atoms with Crippen LogP contribution in [0, 0.1) is 5.92 Å². The normalized spacial score (nSPS) is 13.6. The van der Waals surface area contributed by atoms with Gasteiger partial charge in [0.05, 0.1) is 12.2 Å². The highest BCUT2D eigenvalue weighted by molar-refractivity contribution is 6.30. The number of hydrogen-bond acceptors (Lipinski definition) is 6. The highest BCUT2D eigenvalue weighted by Gasteiger charge is 2.25. The maximum Gasteiger partial charge on any atom is 0.140 e. The van der Waals surface area contributed by atoms with E-state index in [1.54, 1.807) is 6.20 Å². The number of rotatable bonds is 8. The number of nitrogens with zero attached hydrogens (tertiary/aromatic N) is 3. The van der Waals surface area contributed by atoms with Crippen molar-refractivity contribution >= 4 is 35.0 Å². The highest BCUT2D eigenvalue weighted by atomic mass is 35.5. The Hall–Kier alpha value is -3.42. The van der Waals surface area contributed by atoms with Gasteiger partial charge in [0.1, 0.15) is 17.8 Å². The minimum Gasteiger partial charge on any atom is -0.396 e. The number of anilines is 2. The van der Waals surface area contributed by atoms with Gasteiger partial charge in [-0.2, -0.15) is 0 Å². The highest BCUT2D eigenvalue weighted by Crippen LogP contribution is 2.40. The molecule has 0 radical (unpaired) electrons. The number of fused-ring (bicyclic) bond motifs is 1. The molecule has 0 aliphatic heterocycles. The number of aromatic nitrogens is 3. The predicted octanol–water partition coefficient (Wildman–Crippen LogP) is 6.76. The van der Waals surface area contributed by atoms with E-state index in [-0.39, 0.29) is 6.61 Å². The second kappa shape index (κ2) is 15.9. The summed E-state index contributed by atoms with van der Waals surface area (Å²) in [5.74, 6) is 1.97. The summed E-state index contributed by atoms with van der Waals surface area (Å²) in [5.41, 5.74) is 5.42. The van der Waals surface area contributed by atoms with Crippen LogP contribution in [-0.2, 0) is 17.8 Å². The molecule has 3 aromatic heterocycles. The Morgan fingerprint density at radius 1 is 1.08 bits per heavy atom. The number of carbonyl (C=O) groups excluding carboxylic acids is 1. The molecular formula is C31H40ClN5O2. The van der Waals surface area contributed by atoms with Crippen LogP contribution in [0.3, 0.4) is 0 Å². The van der Waals surface area contributed by atoms with Gasteiger partial charge in [-0.25, -0.2) is 9.97 Å². The van der Waals surface area contributed by atoms with Gasteiger partial charge >= 0.3 is 0 Å². The van der Waals surface area contributed by atoms with E-state index in [0.717, 1.165) is 52.6 Å². The number of aliphatic hydroxyl groups is 1. The van der Waals surface area contributed by atoms with Gasteiger partial charge in [-0.3, -0.25) is 0 Å². The summed E-state index contributed by atoms with van der Waals surface area (Å²) < 4.78 is 2.11. The lowest BCUT2D eigenvalue weighted by Crippen LogP contribution is -2.01. The van der Waals surface area contributed by atoms with Crippen LogP contribution in [0.2, 0.25) is 5.02 Å². The minimum absolute atomic E-state index is 0.147. The fourth-order valence-electron chi connectivity index (χ4n) is 3.79. The van der Waals surface area contributed by atoms with Crippen LogP contribution >= 0.6 is 11.6 Å². The Labute approximate surface area is 236 Å². The second-order valence-corrected chi connectivity index (χ2v) is 9.75. The first-order valence-corrected chi connectivity index (χ1v) is 14.1. The summed E-state index contributed by atoms with van der Waals surface area (Å²) in [6, 6.07) is 15.6. The zero-order valence-corrected chi connectivity index (χ0v) is 23.9. The summed E-state index contributed by atoms with van der Waals surface area (Å²) in [6.07, 6.45) is 12.5. The maximum absolute atomic E-state index is 9.57. The van der Waals surface area contributed by atoms with Crippen molar-refractivity contribution in [2.75, 3.05) is 24.3 Å². The van der Waals surface area contributed by atoms with E-state index in [1.165, 1.54) is 18.4 Å². The van der Waals surface area contributed by atoms with Gasteiger partial charge in [0.15, 0.2) is 0 Å². The molecule has 1 aromatic carbocycles. The van der Waals surface area contributed by atoms with Crippen molar-refractivity contribution < 1.29 is 9.90 Å². The largest absolute Gasteiger partial charge is 0.396 e. The van der Waals surface area contributed by atoms with Crippen molar-refractivity contribution in [2.45, 2.75) is 58.4 Å². The number of aliphatic hydroxyl groups excluding tert-OH is 1. The molecule has 3 heterocycles. The molecule has 2 saturated carbocycles. The van der Waals surface area contributed by atoms with Gasteiger partial charge < -0.3 is 24.9 Å². The lowest BCUT2D eigenvalue weighted by Gasteiger charge is -2.06. The standard InChI is InChI=1S/C19H23N5O.C6H5Cl.C4H6O.C2H6/c1-20-18-9-16(4-6-21-18)22-10-17-12-24-11-15(13-2-3-13)8-14(5-7-25)19(24)23-17;7-6-4-2-1-3-5-6;5-3-4-1-2-4;1-2/h4,6,8-9,11-13,25H,2-3,5,7,10H2,1H3,(H2,20,21,22);1-5H;3-4H,1-2H2;1-2H3. The molecule has 0 unspecified atom stereocenters. The van der Waals surface area contributed by atoms with Gasteiger partial charge in [0.25, 0.3) is 0 Å². The Balaban J connectivity index is 0.000000245. The Morgan fingerprint density at radius 2 is 1.82 bits per heavy atom. The summed E-state index contributed by atoms with van der Waals surface area (Å²) in [4.78, 5) is 18.6. The second-order valence-electron chi connectivity index (χ2n) is 9.31. The van der Waals surface area contributed by atoms with Crippen LogP contribution in [0.1, 0.15) is 62.3 Å². The van der Waals surface area contributed by atoms with Gasteiger partial charge in [-0.05, 0) is 67.3 Å². The molecule has 0 spiro atoms. The number of benzene rings is 1. The summed E-state index contributed by atoms with van der Waals surface area (Å²) >= 11 is 5.54.